The number of nitrogens with zero attached hydrogens (tertiary/aromatic N) is 1. The largest absolute Gasteiger partial charge is 0.303 e. The third kappa shape index (κ3) is 1.36. The Morgan fingerprint density at radius 1 is 1.33 bits per heavy atom. The summed E-state index contributed by atoms with van der Waals surface area (Å²) in [6.45, 7) is 5.70. The van der Waals surface area contributed by atoms with Gasteiger partial charge in [0.2, 0.25) is 0 Å². The number of halogens is 2. The number of piperidine rings is 1. The van der Waals surface area contributed by atoms with Crippen LogP contribution < -0.4 is 0 Å². The number of likely N-dealkylation sites (tertiary alicyclic amines) is 1. The third-order valence-corrected chi connectivity index (χ3v) is 4.22. The monoisotopic (exact) mass is 207 g/mol. The van der Waals surface area contributed by atoms with Crippen LogP contribution >= 0.6 is 23.2 Å². The standard InChI is InChI=1S/C9H15Cl2N/c1-2-3-4-12-5-7-8(6-12)9(7,10)11/h7-8H,2-6H2,1H3/t7-,8-/m0/s1. The molecule has 1 saturated heterocycles. The quantitative estimate of drug-likeness (QED) is 0.644. The smallest absolute Gasteiger partial charge is 0.127 e. The number of alkyl halides is 2. The van der Waals surface area contributed by atoms with E-state index in [1.54, 1.807) is 0 Å². The van der Waals surface area contributed by atoms with Crippen LogP contribution in [0.3, 0.4) is 0 Å². The summed E-state index contributed by atoms with van der Waals surface area (Å²) in [5.41, 5.74) is 0. The molecule has 0 spiro atoms. The number of hydrogen-bond donors (Lipinski definition) is 0. The zero-order valence-corrected chi connectivity index (χ0v) is 8.91. The molecule has 0 unspecified atom stereocenters. The fourth-order valence-electron chi connectivity index (χ4n) is 2.15. The minimum atomic E-state index is -0.358. The number of hydrogen-bond acceptors (Lipinski definition) is 1. The van der Waals surface area contributed by atoms with E-state index in [1.807, 2.05) is 0 Å². The lowest BCUT2D eigenvalue weighted by atomic mass is 10.3. The normalized spacial score (nSPS) is 38.2. The summed E-state index contributed by atoms with van der Waals surface area (Å²) in [4.78, 5) is 2.49. The highest BCUT2D eigenvalue weighted by molar-refractivity contribution is 6.51. The second-order valence-electron chi connectivity index (χ2n) is 4.00. The van der Waals surface area contributed by atoms with Crippen LogP contribution in [0.4, 0.5) is 0 Å². The molecule has 12 heavy (non-hydrogen) atoms. The lowest BCUT2D eigenvalue weighted by molar-refractivity contribution is 0.297. The van der Waals surface area contributed by atoms with Crippen molar-refractivity contribution in [3.63, 3.8) is 0 Å². The first-order valence-electron chi connectivity index (χ1n) is 4.76. The predicted octanol–water partition coefficient (Wildman–Crippen LogP) is 2.52. The first-order valence-corrected chi connectivity index (χ1v) is 5.52. The van der Waals surface area contributed by atoms with Gasteiger partial charge in [0.05, 0.1) is 0 Å². The van der Waals surface area contributed by atoms with Gasteiger partial charge in [-0.3, -0.25) is 0 Å². The van der Waals surface area contributed by atoms with E-state index in [-0.39, 0.29) is 4.33 Å². The molecule has 0 aromatic carbocycles. The molecule has 1 aliphatic carbocycles. The van der Waals surface area contributed by atoms with E-state index in [9.17, 15) is 0 Å². The Morgan fingerprint density at radius 3 is 2.42 bits per heavy atom. The highest BCUT2D eigenvalue weighted by atomic mass is 35.5. The topological polar surface area (TPSA) is 3.24 Å². The molecule has 0 amide bonds. The van der Waals surface area contributed by atoms with Gasteiger partial charge in [0, 0.05) is 24.9 Å². The van der Waals surface area contributed by atoms with Crippen LogP contribution in [0.5, 0.6) is 0 Å². The molecule has 1 aliphatic heterocycles. The molecule has 1 nitrogen and oxygen atoms in total. The van der Waals surface area contributed by atoms with Gasteiger partial charge < -0.3 is 4.90 Å². The molecule has 0 radical (unpaired) electrons. The number of unbranched alkanes of at least 4 members (excludes halogenated alkanes) is 1. The fourth-order valence-corrected chi connectivity index (χ4v) is 2.91. The summed E-state index contributed by atoms with van der Waals surface area (Å²) in [6, 6.07) is 0. The van der Waals surface area contributed by atoms with Gasteiger partial charge in [0.1, 0.15) is 4.33 Å². The molecule has 2 rings (SSSR count). The Bertz CT molecular complexity index is 167. The molecule has 0 aromatic heterocycles. The maximum Gasteiger partial charge on any atom is 0.127 e. The second-order valence-corrected chi connectivity index (χ2v) is 5.44. The Hall–Kier alpha value is 0.540. The first kappa shape index (κ1) is 9.11. The van der Waals surface area contributed by atoms with Crippen molar-refractivity contribution in [1.29, 1.82) is 0 Å². The molecule has 70 valence electrons. The van der Waals surface area contributed by atoms with Crippen LogP contribution in [-0.2, 0) is 0 Å². The fraction of sp³-hybridized carbons (Fsp3) is 1.00. The van der Waals surface area contributed by atoms with Crippen molar-refractivity contribution in [2.75, 3.05) is 19.6 Å². The molecule has 2 fully saturated rings. The second kappa shape index (κ2) is 3.04. The minimum absolute atomic E-state index is 0.358. The SMILES string of the molecule is CCCCN1C[C@H]2[C@H](C1)C2(Cl)Cl. The average Bonchev–Trinajstić information content (AvgIpc) is 2.51. The first-order chi connectivity index (χ1) is 5.66. The molecule has 0 aromatic rings. The van der Waals surface area contributed by atoms with Crippen molar-refractivity contribution < 1.29 is 0 Å². The zero-order valence-electron chi connectivity index (χ0n) is 7.39. The van der Waals surface area contributed by atoms with Gasteiger partial charge in [-0.2, -0.15) is 0 Å². The zero-order chi connectivity index (χ0) is 8.77. The lowest BCUT2D eigenvalue weighted by Gasteiger charge is -2.19. The van der Waals surface area contributed by atoms with Crippen molar-refractivity contribution in [2.45, 2.75) is 24.1 Å². The molecule has 1 heterocycles. The number of rotatable bonds is 3. The molecule has 0 N–H and O–H groups in total. The van der Waals surface area contributed by atoms with Crippen LogP contribution in [0.15, 0.2) is 0 Å². The average molecular weight is 208 g/mol. The summed E-state index contributed by atoms with van der Waals surface area (Å²) >= 11 is 12.1. The summed E-state index contributed by atoms with van der Waals surface area (Å²) in [5.74, 6) is 1.13. The molecular weight excluding hydrogens is 193 g/mol. The Labute approximate surface area is 84.0 Å². The van der Waals surface area contributed by atoms with E-state index in [4.69, 9.17) is 23.2 Å². The molecule has 2 aliphatic rings. The van der Waals surface area contributed by atoms with E-state index in [2.05, 4.69) is 11.8 Å². The Morgan fingerprint density at radius 2 is 1.92 bits per heavy atom. The Kier molecular flexibility index (Phi) is 2.31. The summed E-state index contributed by atoms with van der Waals surface area (Å²) < 4.78 is -0.358. The maximum absolute atomic E-state index is 6.05. The number of fused-ring (bicyclic) bond motifs is 1. The van der Waals surface area contributed by atoms with Gasteiger partial charge in [-0.1, -0.05) is 13.3 Å². The van der Waals surface area contributed by atoms with Crippen molar-refractivity contribution in [2.24, 2.45) is 11.8 Å². The molecule has 0 bridgehead atoms. The third-order valence-electron chi connectivity index (χ3n) is 3.10. The van der Waals surface area contributed by atoms with Crippen molar-refractivity contribution in [3.05, 3.63) is 0 Å². The van der Waals surface area contributed by atoms with Crippen LogP contribution in [0.25, 0.3) is 0 Å². The lowest BCUT2D eigenvalue weighted by Crippen LogP contribution is -2.27. The van der Waals surface area contributed by atoms with E-state index in [0.717, 1.165) is 13.1 Å². The van der Waals surface area contributed by atoms with Gasteiger partial charge in [-0.25, -0.2) is 0 Å². The molecule has 2 atom stereocenters. The predicted molar refractivity (Wildman–Crippen MR) is 52.8 cm³/mol. The summed E-state index contributed by atoms with van der Waals surface area (Å²) in [5, 5.41) is 0. The highest BCUT2D eigenvalue weighted by Gasteiger charge is 2.66. The molecule has 1 saturated carbocycles. The van der Waals surface area contributed by atoms with Crippen molar-refractivity contribution >= 4 is 23.2 Å². The summed E-state index contributed by atoms with van der Waals surface area (Å²) in [6.07, 6.45) is 2.58. The van der Waals surface area contributed by atoms with Gasteiger partial charge in [-0.15, -0.1) is 23.2 Å². The minimum Gasteiger partial charge on any atom is -0.303 e. The summed E-state index contributed by atoms with van der Waals surface area (Å²) in [7, 11) is 0. The Balaban J connectivity index is 1.75. The van der Waals surface area contributed by atoms with Gasteiger partial charge in [-0.05, 0) is 13.0 Å². The van der Waals surface area contributed by atoms with Crippen LogP contribution in [0, 0.1) is 11.8 Å². The van der Waals surface area contributed by atoms with Crippen LogP contribution in [0.1, 0.15) is 19.8 Å². The molecular formula is C9H15Cl2N. The van der Waals surface area contributed by atoms with Crippen molar-refractivity contribution in [3.8, 4) is 0 Å². The van der Waals surface area contributed by atoms with E-state index < -0.39 is 0 Å². The van der Waals surface area contributed by atoms with E-state index in [0.29, 0.717) is 11.8 Å². The van der Waals surface area contributed by atoms with E-state index in [1.165, 1.54) is 19.4 Å². The van der Waals surface area contributed by atoms with Gasteiger partial charge in [0.15, 0.2) is 0 Å². The van der Waals surface area contributed by atoms with Crippen LogP contribution in [-0.4, -0.2) is 28.9 Å². The van der Waals surface area contributed by atoms with Gasteiger partial charge in [0.25, 0.3) is 0 Å². The maximum atomic E-state index is 6.05. The highest BCUT2D eigenvalue weighted by Crippen LogP contribution is 2.62. The molecule has 3 heteroatoms. The van der Waals surface area contributed by atoms with Crippen molar-refractivity contribution in [1.82, 2.24) is 4.90 Å². The van der Waals surface area contributed by atoms with E-state index >= 15 is 0 Å². The van der Waals surface area contributed by atoms with Crippen LogP contribution in [0.2, 0.25) is 0 Å². The van der Waals surface area contributed by atoms with Gasteiger partial charge >= 0.3 is 0 Å².